The van der Waals surface area contributed by atoms with E-state index < -0.39 is 35.0 Å². The van der Waals surface area contributed by atoms with Gasteiger partial charge < -0.3 is 10.2 Å². The molecule has 0 spiro atoms. The van der Waals surface area contributed by atoms with Crippen molar-refractivity contribution >= 4 is 5.91 Å². The van der Waals surface area contributed by atoms with Gasteiger partial charge in [-0.05, 0) is 44.2 Å². The van der Waals surface area contributed by atoms with Crippen LogP contribution in [0.5, 0.6) is 0 Å². The minimum Gasteiger partial charge on any atom is -0.338 e. The Morgan fingerprint density at radius 1 is 0.923 bits per heavy atom. The van der Waals surface area contributed by atoms with Crippen molar-refractivity contribution in [1.29, 1.82) is 0 Å². The summed E-state index contributed by atoms with van der Waals surface area (Å²) in [6, 6.07) is 11.2. The summed E-state index contributed by atoms with van der Waals surface area (Å²) in [4.78, 5) is 19.6. The van der Waals surface area contributed by atoms with Gasteiger partial charge in [0.05, 0.1) is 11.1 Å². The van der Waals surface area contributed by atoms with Crippen LogP contribution >= 0.6 is 0 Å². The summed E-state index contributed by atoms with van der Waals surface area (Å²) in [5.74, 6) is -0.949. The number of amides is 1. The molecule has 2 fully saturated rings. The van der Waals surface area contributed by atoms with Gasteiger partial charge in [0.1, 0.15) is 0 Å². The molecule has 3 atom stereocenters. The fraction of sp³-hybridized carbons (Fsp3) is 0.536. The van der Waals surface area contributed by atoms with E-state index in [4.69, 9.17) is 0 Å². The minimum absolute atomic E-state index is 0.0485. The average Bonchev–Trinajstić information content (AvgIpc) is 2.92. The first kappa shape index (κ1) is 29.4. The van der Waals surface area contributed by atoms with Crippen LogP contribution in [0.4, 0.5) is 26.3 Å². The number of rotatable bonds is 6. The van der Waals surface area contributed by atoms with Crippen molar-refractivity contribution in [1.82, 2.24) is 20.0 Å². The summed E-state index contributed by atoms with van der Waals surface area (Å²) in [6.45, 7) is 7.01. The zero-order valence-corrected chi connectivity index (χ0v) is 22.0. The Balaban J connectivity index is 1.57. The average molecular weight is 557 g/mol. The number of likely N-dealkylation sites (N-methyl/N-ethyl adjacent to an activating group) is 1. The van der Waals surface area contributed by atoms with Crippen LogP contribution in [-0.4, -0.2) is 85.6 Å². The number of hydrogen-bond acceptors (Lipinski definition) is 4. The Bertz CT molecular complexity index is 1080. The van der Waals surface area contributed by atoms with Crippen molar-refractivity contribution in [3.8, 4) is 0 Å². The van der Waals surface area contributed by atoms with Gasteiger partial charge in [0.2, 0.25) is 0 Å². The maximum Gasteiger partial charge on any atom is 0.416 e. The monoisotopic (exact) mass is 556 g/mol. The van der Waals surface area contributed by atoms with Gasteiger partial charge in [0.25, 0.3) is 5.91 Å². The second-order valence-electron chi connectivity index (χ2n) is 10.4. The van der Waals surface area contributed by atoms with Crippen LogP contribution in [0.3, 0.4) is 0 Å². The first-order valence-electron chi connectivity index (χ1n) is 13.1. The predicted octanol–water partition coefficient (Wildman–Crippen LogP) is 4.95. The van der Waals surface area contributed by atoms with Crippen LogP contribution in [0.2, 0.25) is 0 Å². The molecule has 0 radical (unpaired) electrons. The van der Waals surface area contributed by atoms with Crippen molar-refractivity contribution in [2.45, 2.75) is 43.7 Å². The molecule has 0 aliphatic carbocycles. The largest absolute Gasteiger partial charge is 0.416 e. The molecule has 214 valence electrons. The number of nitrogens with zero attached hydrogens (tertiary/aromatic N) is 3. The van der Waals surface area contributed by atoms with Gasteiger partial charge in [-0.15, -0.1) is 0 Å². The van der Waals surface area contributed by atoms with Gasteiger partial charge in [-0.1, -0.05) is 30.3 Å². The van der Waals surface area contributed by atoms with Crippen LogP contribution in [0.15, 0.2) is 48.5 Å². The molecule has 0 aromatic heterocycles. The summed E-state index contributed by atoms with van der Waals surface area (Å²) >= 11 is 0. The van der Waals surface area contributed by atoms with Crippen LogP contribution < -0.4 is 5.32 Å². The van der Waals surface area contributed by atoms with Crippen LogP contribution in [-0.2, 0) is 12.4 Å². The molecule has 1 N–H and O–H groups in total. The molecule has 3 unspecified atom stereocenters. The molecule has 2 aromatic carbocycles. The van der Waals surface area contributed by atoms with E-state index in [1.54, 1.807) is 0 Å². The highest BCUT2D eigenvalue weighted by Crippen LogP contribution is 2.38. The van der Waals surface area contributed by atoms with E-state index in [9.17, 15) is 31.1 Å². The number of carbonyl (C=O) groups is 1. The third kappa shape index (κ3) is 6.93. The van der Waals surface area contributed by atoms with Gasteiger partial charge in [-0.2, -0.15) is 26.3 Å². The summed E-state index contributed by atoms with van der Waals surface area (Å²) in [6.07, 6.45) is -9.45. The lowest BCUT2D eigenvalue weighted by Gasteiger charge is -2.47. The smallest absolute Gasteiger partial charge is 0.338 e. The van der Waals surface area contributed by atoms with Crippen LogP contribution in [0.1, 0.15) is 46.3 Å². The molecule has 2 aliphatic heterocycles. The Morgan fingerprint density at radius 2 is 1.51 bits per heavy atom. The van der Waals surface area contributed by atoms with E-state index in [1.165, 1.54) is 4.90 Å². The van der Waals surface area contributed by atoms with Gasteiger partial charge >= 0.3 is 12.4 Å². The van der Waals surface area contributed by atoms with Crippen LogP contribution in [0.25, 0.3) is 0 Å². The molecular formula is C28H34F6N4O. The van der Waals surface area contributed by atoms with Crippen molar-refractivity contribution in [2.75, 3.05) is 52.9 Å². The summed E-state index contributed by atoms with van der Waals surface area (Å²) in [5.41, 5.74) is -2.58. The minimum atomic E-state index is -5.01. The summed E-state index contributed by atoms with van der Waals surface area (Å²) in [7, 11) is 1.93. The Morgan fingerprint density at radius 3 is 2.05 bits per heavy atom. The lowest BCUT2D eigenvalue weighted by atomic mass is 9.84. The highest BCUT2D eigenvalue weighted by atomic mass is 19.4. The van der Waals surface area contributed by atoms with Crippen molar-refractivity contribution in [3.05, 3.63) is 70.8 Å². The Labute approximate surface area is 224 Å². The lowest BCUT2D eigenvalue weighted by molar-refractivity contribution is -0.143. The standard InChI is InChI=1S/C28H34F6N4O/c1-19(17-35-2)36-10-12-37(13-11-36)25-8-9-38(18-24(25)20-6-4-3-5-7-20)26(39)21-14-22(27(29,30)31)16-23(15-21)28(32,33)34/h3-7,14-16,19,24-25,35H,8-13,17-18H2,1-2H3. The highest BCUT2D eigenvalue weighted by Gasteiger charge is 2.40. The zero-order valence-electron chi connectivity index (χ0n) is 22.0. The molecule has 1 amide bonds. The second-order valence-corrected chi connectivity index (χ2v) is 10.4. The molecule has 39 heavy (non-hydrogen) atoms. The first-order valence-corrected chi connectivity index (χ1v) is 13.1. The first-order chi connectivity index (χ1) is 18.4. The quantitative estimate of drug-likeness (QED) is 0.512. The number of benzene rings is 2. The number of nitrogens with one attached hydrogen (secondary N) is 1. The molecular weight excluding hydrogens is 522 g/mol. The molecule has 0 saturated carbocycles. The molecule has 2 saturated heterocycles. The third-order valence-corrected chi connectivity index (χ3v) is 7.87. The molecule has 0 bridgehead atoms. The number of piperazine rings is 1. The van der Waals surface area contributed by atoms with Crippen molar-refractivity contribution in [3.63, 3.8) is 0 Å². The lowest BCUT2D eigenvalue weighted by Crippen LogP contribution is -2.58. The maximum absolute atomic E-state index is 13.4. The van der Waals surface area contributed by atoms with Gasteiger partial charge in [-0.3, -0.25) is 14.6 Å². The van der Waals surface area contributed by atoms with E-state index in [0.29, 0.717) is 24.6 Å². The number of carbonyl (C=O) groups excluding carboxylic acids is 1. The second kappa shape index (κ2) is 11.9. The fourth-order valence-electron chi connectivity index (χ4n) is 5.78. The molecule has 2 aliphatic rings. The van der Waals surface area contributed by atoms with E-state index in [1.807, 2.05) is 37.4 Å². The third-order valence-electron chi connectivity index (χ3n) is 7.87. The van der Waals surface area contributed by atoms with E-state index in [2.05, 4.69) is 22.0 Å². The van der Waals surface area contributed by atoms with Crippen molar-refractivity contribution in [2.24, 2.45) is 0 Å². The predicted molar refractivity (Wildman–Crippen MR) is 136 cm³/mol. The Kier molecular flexibility index (Phi) is 8.92. The van der Waals surface area contributed by atoms with E-state index in [-0.39, 0.29) is 31.1 Å². The molecule has 2 aromatic rings. The zero-order chi connectivity index (χ0) is 28.4. The molecule has 2 heterocycles. The van der Waals surface area contributed by atoms with Crippen LogP contribution in [0, 0.1) is 0 Å². The highest BCUT2D eigenvalue weighted by molar-refractivity contribution is 5.95. The number of halogens is 6. The van der Waals surface area contributed by atoms with E-state index in [0.717, 1.165) is 38.3 Å². The normalized spacial score (nSPS) is 22.6. The topological polar surface area (TPSA) is 38.8 Å². The van der Waals surface area contributed by atoms with E-state index >= 15 is 0 Å². The molecule has 5 nitrogen and oxygen atoms in total. The maximum atomic E-state index is 13.4. The molecule has 11 heteroatoms. The van der Waals surface area contributed by atoms with Crippen molar-refractivity contribution < 1.29 is 31.1 Å². The molecule has 4 rings (SSSR count). The Hall–Kier alpha value is -2.63. The number of likely N-dealkylation sites (tertiary alicyclic amines) is 1. The fourth-order valence-corrected chi connectivity index (χ4v) is 5.78. The number of hydrogen-bond donors (Lipinski definition) is 1. The van der Waals surface area contributed by atoms with Gasteiger partial charge in [0, 0.05) is 69.4 Å². The van der Waals surface area contributed by atoms with Gasteiger partial charge in [-0.25, -0.2) is 0 Å². The van der Waals surface area contributed by atoms with Gasteiger partial charge in [0.15, 0.2) is 0 Å². The SMILES string of the molecule is CNCC(C)N1CCN(C2CCN(C(=O)c3cc(C(F)(F)F)cc(C(F)(F)F)c3)CC2c2ccccc2)CC1. The number of alkyl halides is 6. The summed E-state index contributed by atoms with van der Waals surface area (Å²) < 4.78 is 80.4. The summed E-state index contributed by atoms with van der Waals surface area (Å²) in [5, 5.41) is 3.20. The number of piperidine rings is 1.